The lowest BCUT2D eigenvalue weighted by atomic mass is 10.2. The molecule has 1 aliphatic heterocycles. The van der Waals surface area contributed by atoms with Gasteiger partial charge in [-0.2, -0.15) is 4.39 Å². The van der Waals surface area contributed by atoms with Crippen LogP contribution in [0.2, 0.25) is 0 Å². The molecule has 106 valence electrons. The van der Waals surface area contributed by atoms with Crippen LogP contribution in [0.3, 0.4) is 0 Å². The number of amides is 1. The Hall–Kier alpha value is -2.22. The quantitative estimate of drug-likeness (QED) is 0.930. The number of rotatable bonds is 3. The Labute approximate surface area is 111 Å². The molecule has 1 aliphatic rings. The van der Waals surface area contributed by atoms with Crippen molar-refractivity contribution in [2.75, 3.05) is 18.1 Å². The van der Waals surface area contributed by atoms with Gasteiger partial charge in [0.05, 0.1) is 11.4 Å². The van der Waals surface area contributed by atoms with Crippen LogP contribution < -0.4 is 4.90 Å². The maximum atomic E-state index is 13.6. The zero-order valence-corrected chi connectivity index (χ0v) is 10.2. The third-order valence-corrected chi connectivity index (χ3v) is 3.17. The van der Waals surface area contributed by atoms with Crippen molar-refractivity contribution in [3.05, 3.63) is 23.8 Å². The summed E-state index contributed by atoms with van der Waals surface area (Å²) in [5.74, 6) is -2.16. The van der Waals surface area contributed by atoms with Crippen LogP contribution in [0.25, 0.3) is 11.0 Å². The number of aliphatic hydroxyl groups is 1. The highest BCUT2D eigenvalue weighted by Gasteiger charge is 2.37. The fourth-order valence-corrected chi connectivity index (χ4v) is 2.19. The van der Waals surface area contributed by atoms with E-state index in [1.165, 1.54) is 11.0 Å². The Balaban J connectivity index is 2.09. The Kier molecular flexibility index (Phi) is 3.01. The molecule has 0 radical (unpaired) electrons. The van der Waals surface area contributed by atoms with Crippen LogP contribution in [0.5, 0.6) is 0 Å². The van der Waals surface area contributed by atoms with E-state index in [1.54, 1.807) is 0 Å². The van der Waals surface area contributed by atoms with Gasteiger partial charge in [-0.3, -0.25) is 4.90 Å². The third kappa shape index (κ3) is 1.80. The molecule has 1 saturated heterocycles. The summed E-state index contributed by atoms with van der Waals surface area (Å²) < 4.78 is 36.3. The van der Waals surface area contributed by atoms with Crippen molar-refractivity contribution in [3.63, 3.8) is 0 Å². The van der Waals surface area contributed by atoms with E-state index < -0.39 is 23.8 Å². The maximum absolute atomic E-state index is 13.6. The molecule has 0 aliphatic carbocycles. The number of aliphatic hydroxyl groups excluding tert-OH is 1. The molecule has 2 aromatic rings. The predicted octanol–water partition coefficient (Wildman–Crippen LogP) is 1.81. The Bertz CT molecular complexity index is 673. The first-order chi connectivity index (χ1) is 9.63. The van der Waals surface area contributed by atoms with Crippen molar-refractivity contribution in [1.82, 2.24) is 5.16 Å². The van der Waals surface area contributed by atoms with Crippen LogP contribution >= 0.6 is 0 Å². The molecule has 8 heteroatoms. The Morgan fingerprint density at radius 1 is 1.45 bits per heavy atom. The first-order valence-corrected chi connectivity index (χ1v) is 5.93. The fraction of sp³-hybridized carbons (Fsp3) is 0.333. The molecule has 0 unspecified atom stereocenters. The van der Waals surface area contributed by atoms with Gasteiger partial charge in [0.2, 0.25) is 11.4 Å². The monoisotopic (exact) mass is 284 g/mol. The first-order valence-electron chi connectivity index (χ1n) is 5.93. The predicted molar refractivity (Wildman–Crippen MR) is 63.2 cm³/mol. The number of fused-ring (bicyclic) bond motifs is 1. The summed E-state index contributed by atoms with van der Waals surface area (Å²) in [5, 5.41) is 12.8. The molecule has 1 fully saturated rings. The molecule has 0 saturated carbocycles. The van der Waals surface area contributed by atoms with Gasteiger partial charge in [-0.15, -0.1) is 0 Å². The van der Waals surface area contributed by atoms with Crippen LogP contribution in [0.4, 0.5) is 19.4 Å². The molecule has 1 aromatic heterocycles. The largest absolute Gasteiger partial charge is 0.447 e. The molecule has 3 rings (SSSR count). The van der Waals surface area contributed by atoms with E-state index in [2.05, 4.69) is 5.16 Å². The second-order valence-electron chi connectivity index (χ2n) is 4.36. The molecule has 0 spiro atoms. The highest BCUT2D eigenvalue weighted by Crippen LogP contribution is 2.32. The van der Waals surface area contributed by atoms with Crippen molar-refractivity contribution in [2.24, 2.45) is 0 Å². The van der Waals surface area contributed by atoms with Gasteiger partial charge in [-0.1, -0.05) is 5.16 Å². The Morgan fingerprint density at radius 2 is 2.25 bits per heavy atom. The van der Waals surface area contributed by atoms with Crippen LogP contribution in [0, 0.1) is 11.6 Å². The number of halogens is 2. The number of cyclic esters (lactones) is 1. The summed E-state index contributed by atoms with van der Waals surface area (Å²) in [5.41, 5.74) is -0.359. The average molecular weight is 284 g/mol. The first kappa shape index (κ1) is 12.8. The Morgan fingerprint density at radius 3 is 3.00 bits per heavy atom. The number of nitrogens with zero attached hydrogens (tertiary/aromatic N) is 2. The van der Waals surface area contributed by atoms with Gasteiger partial charge < -0.3 is 14.4 Å². The van der Waals surface area contributed by atoms with Crippen LogP contribution in [-0.2, 0) is 4.74 Å². The van der Waals surface area contributed by atoms with E-state index in [4.69, 9.17) is 14.4 Å². The lowest BCUT2D eigenvalue weighted by molar-refractivity contribution is 0.176. The molecular formula is C12H10F2N2O4. The smallest absolute Gasteiger partial charge is 0.416 e. The number of carbonyl (C=O) groups is 1. The zero-order chi connectivity index (χ0) is 14.3. The second kappa shape index (κ2) is 4.71. The van der Waals surface area contributed by atoms with Crippen molar-refractivity contribution in [3.8, 4) is 0 Å². The average Bonchev–Trinajstić information content (AvgIpc) is 2.99. The fourth-order valence-electron chi connectivity index (χ4n) is 2.19. The van der Waals surface area contributed by atoms with Gasteiger partial charge in [0, 0.05) is 6.61 Å². The number of benzene rings is 1. The zero-order valence-electron chi connectivity index (χ0n) is 10.2. The van der Waals surface area contributed by atoms with Crippen LogP contribution in [0.1, 0.15) is 6.42 Å². The summed E-state index contributed by atoms with van der Waals surface area (Å²) in [4.78, 5) is 12.9. The highest BCUT2D eigenvalue weighted by atomic mass is 19.2. The SMILES string of the molecule is O=C1OC[C@H](CCO)N1c1noc2c(F)c(F)ccc12. The van der Waals surface area contributed by atoms with Crippen LogP contribution in [-0.4, -0.2) is 35.6 Å². The standard InChI is InChI=1S/C12H10F2N2O4/c13-8-2-1-7-10(9(8)14)20-15-11(7)16-6(3-4-17)5-19-12(16)18/h1-2,6,17H,3-5H2/t6-/m0/s1. The third-order valence-electron chi connectivity index (χ3n) is 3.17. The molecule has 6 nitrogen and oxygen atoms in total. The lowest BCUT2D eigenvalue weighted by Gasteiger charge is -2.17. The van der Waals surface area contributed by atoms with E-state index in [0.29, 0.717) is 0 Å². The van der Waals surface area contributed by atoms with Gasteiger partial charge in [-0.05, 0) is 18.6 Å². The van der Waals surface area contributed by atoms with Crippen molar-refractivity contribution in [2.45, 2.75) is 12.5 Å². The number of hydrogen-bond acceptors (Lipinski definition) is 5. The minimum atomic E-state index is -1.16. The highest BCUT2D eigenvalue weighted by molar-refractivity contribution is 5.99. The number of aromatic nitrogens is 1. The molecule has 0 bridgehead atoms. The topological polar surface area (TPSA) is 75.8 Å². The summed E-state index contributed by atoms with van der Waals surface area (Å²) in [6.45, 7) is -0.0476. The molecular weight excluding hydrogens is 274 g/mol. The second-order valence-corrected chi connectivity index (χ2v) is 4.36. The van der Waals surface area contributed by atoms with E-state index >= 15 is 0 Å². The number of hydrogen-bond donors (Lipinski definition) is 1. The normalized spacial score (nSPS) is 18.9. The minimum absolute atomic E-state index is 0.0554. The van der Waals surface area contributed by atoms with Crippen LogP contribution in [0.15, 0.2) is 16.7 Å². The number of ether oxygens (including phenoxy) is 1. The van der Waals surface area contributed by atoms with Gasteiger partial charge in [0.15, 0.2) is 11.6 Å². The number of carbonyl (C=O) groups excluding carboxylic acids is 1. The molecule has 1 N–H and O–H groups in total. The summed E-state index contributed by atoms with van der Waals surface area (Å²) in [6, 6.07) is 1.79. The van der Waals surface area contributed by atoms with Crippen molar-refractivity contribution < 1.29 is 27.9 Å². The van der Waals surface area contributed by atoms with E-state index in [9.17, 15) is 13.6 Å². The lowest BCUT2D eigenvalue weighted by Crippen LogP contribution is -2.34. The van der Waals surface area contributed by atoms with E-state index in [-0.39, 0.29) is 36.4 Å². The van der Waals surface area contributed by atoms with Gasteiger partial charge in [0.25, 0.3) is 0 Å². The molecule has 1 amide bonds. The summed E-state index contributed by atoms with van der Waals surface area (Å²) >= 11 is 0. The van der Waals surface area contributed by atoms with Gasteiger partial charge in [-0.25, -0.2) is 9.18 Å². The molecule has 1 atom stereocenters. The van der Waals surface area contributed by atoms with Crippen molar-refractivity contribution in [1.29, 1.82) is 0 Å². The molecule has 2 heterocycles. The van der Waals surface area contributed by atoms with E-state index in [0.717, 1.165) is 6.07 Å². The van der Waals surface area contributed by atoms with Gasteiger partial charge >= 0.3 is 6.09 Å². The number of anilines is 1. The minimum Gasteiger partial charge on any atom is -0.447 e. The van der Waals surface area contributed by atoms with Crippen molar-refractivity contribution >= 4 is 22.9 Å². The van der Waals surface area contributed by atoms with Gasteiger partial charge in [0.1, 0.15) is 6.61 Å². The summed E-state index contributed by atoms with van der Waals surface area (Å²) in [6.07, 6.45) is -0.382. The molecule has 1 aromatic carbocycles. The molecule has 20 heavy (non-hydrogen) atoms. The maximum Gasteiger partial charge on any atom is 0.416 e. The van der Waals surface area contributed by atoms with E-state index in [1.807, 2.05) is 0 Å². The summed E-state index contributed by atoms with van der Waals surface area (Å²) in [7, 11) is 0.